The van der Waals surface area contributed by atoms with E-state index in [1.165, 1.54) is 11.5 Å². The van der Waals surface area contributed by atoms with Gasteiger partial charge in [-0.3, -0.25) is 4.79 Å². The molecule has 1 unspecified atom stereocenters. The third kappa shape index (κ3) is 5.69. The van der Waals surface area contributed by atoms with Crippen molar-refractivity contribution in [3.63, 3.8) is 0 Å². The van der Waals surface area contributed by atoms with Crippen LogP contribution in [0.4, 0.5) is 0 Å². The van der Waals surface area contributed by atoms with Gasteiger partial charge in [0.05, 0.1) is 33.1 Å². The molecule has 0 saturated heterocycles. The van der Waals surface area contributed by atoms with E-state index in [2.05, 4.69) is 4.37 Å². The molecule has 0 radical (unpaired) electrons. The van der Waals surface area contributed by atoms with Crippen LogP contribution in [0.15, 0.2) is 35.7 Å². The molecule has 33 heavy (non-hydrogen) atoms. The number of aromatic nitrogens is 1. The molecular formula is C25H30N2O4S2. The molecule has 1 aromatic heterocycles. The second-order valence-electron chi connectivity index (χ2n) is 7.66. The quantitative estimate of drug-likeness (QED) is 0.408. The van der Waals surface area contributed by atoms with Crippen molar-refractivity contribution in [2.75, 3.05) is 33.3 Å². The first-order valence-corrected chi connectivity index (χ1v) is 12.8. The van der Waals surface area contributed by atoms with E-state index in [1.807, 2.05) is 48.9 Å². The first-order chi connectivity index (χ1) is 15.9. The number of carbonyl (C=O) groups is 1. The molecule has 0 aliphatic heterocycles. The van der Waals surface area contributed by atoms with Gasteiger partial charge in [0.1, 0.15) is 5.75 Å². The summed E-state index contributed by atoms with van der Waals surface area (Å²) in [5.41, 5.74) is 11.6. The van der Waals surface area contributed by atoms with Gasteiger partial charge in [-0.05, 0) is 72.3 Å². The molecule has 0 aliphatic rings. The van der Waals surface area contributed by atoms with Crippen molar-refractivity contribution in [3.8, 4) is 39.6 Å². The molecule has 0 aliphatic carbocycles. The van der Waals surface area contributed by atoms with Crippen LogP contribution in [0.1, 0.15) is 17.5 Å². The largest absolute Gasteiger partial charge is 0.496 e. The Kier molecular flexibility index (Phi) is 8.77. The molecule has 3 rings (SSSR count). The average molecular weight is 487 g/mol. The van der Waals surface area contributed by atoms with E-state index >= 15 is 0 Å². The van der Waals surface area contributed by atoms with Gasteiger partial charge in [-0.15, -0.1) is 0 Å². The lowest BCUT2D eigenvalue weighted by atomic mass is 9.95. The fourth-order valence-electron chi connectivity index (χ4n) is 3.75. The molecule has 0 saturated carbocycles. The van der Waals surface area contributed by atoms with Gasteiger partial charge in [0.2, 0.25) is 0 Å². The van der Waals surface area contributed by atoms with Crippen LogP contribution in [-0.2, 0) is 11.2 Å². The van der Waals surface area contributed by atoms with Gasteiger partial charge in [0, 0.05) is 28.5 Å². The van der Waals surface area contributed by atoms with E-state index in [1.54, 1.807) is 33.1 Å². The summed E-state index contributed by atoms with van der Waals surface area (Å²) in [5, 5.41) is 2.01. The Hall–Kier alpha value is -2.55. The van der Waals surface area contributed by atoms with E-state index in [4.69, 9.17) is 19.9 Å². The molecule has 1 heterocycles. The highest BCUT2D eigenvalue weighted by molar-refractivity contribution is 7.98. The highest BCUT2D eigenvalue weighted by Gasteiger charge is 2.19. The summed E-state index contributed by atoms with van der Waals surface area (Å²) in [6.07, 6.45) is 2.91. The standard InChI is InChI=1S/C25H30N2O4S2/c1-15-10-18(13-23(30-3)25(15)31-4)24-19(14-33-27-24)16-6-7-22(29-2)17(11-16)12-21(28)20(26)8-9-32-5/h6-7,10-11,13-14,20H,8-9,12,26H2,1-5H3. The van der Waals surface area contributed by atoms with Crippen molar-refractivity contribution >= 4 is 29.1 Å². The maximum atomic E-state index is 12.7. The summed E-state index contributed by atoms with van der Waals surface area (Å²) in [4.78, 5) is 12.7. The van der Waals surface area contributed by atoms with Gasteiger partial charge in [0.15, 0.2) is 17.3 Å². The number of aryl methyl sites for hydroxylation is 1. The number of hydrogen-bond donors (Lipinski definition) is 1. The van der Waals surface area contributed by atoms with Crippen LogP contribution in [0.3, 0.4) is 0 Å². The van der Waals surface area contributed by atoms with Crippen LogP contribution in [0, 0.1) is 6.92 Å². The number of carbonyl (C=O) groups excluding carboxylic acids is 1. The lowest BCUT2D eigenvalue weighted by molar-refractivity contribution is -0.119. The summed E-state index contributed by atoms with van der Waals surface area (Å²) in [7, 11) is 4.87. The van der Waals surface area contributed by atoms with E-state index < -0.39 is 6.04 Å². The van der Waals surface area contributed by atoms with Gasteiger partial charge < -0.3 is 19.9 Å². The Morgan fingerprint density at radius 3 is 2.52 bits per heavy atom. The van der Waals surface area contributed by atoms with Crippen molar-refractivity contribution in [1.29, 1.82) is 0 Å². The van der Waals surface area contributed by atoms with Crippen molar-refractivity contribution in [2.45, 2.75) is 25.8 Å². The molecule has 0 spiro atoms. The summed E-state index contributed by atoms with van der Waals surface area (Å²) < 4.78 is 21.2. The van der Waals surface area contributed by atoms with Crippen LogP contribution >= 0.6 is 23.3 Å². The second kappa shape index (κ2) is 11.5. The number of ketones is 1. The van der Waals surface area contributed by atoms with E-state index in [0.717, 1.165) is 39.3 Å². The molecule has 176 valence electrons. The monoisotopic (exact) mass is 486 g/mol. The van der Waals surface area contributed by atoms with Crippen molar-refractivity contribution in [3.05, 3.63) is 46.8 Å². The molecule has 3 aromatic rings. The van der Waals surface area contributed by atoms with Crippen LogP contribution in [0.5, 0.6) is 17.2 Å². The van der Waals surface area contributed by atoms with E-state index in [0.29, 0.717) is 23.7 Å². The first-order valence-electron chi connectivity index (χ1n) is 10.5. The maximum absolute atomic E-state index is 12.7. The number of Topliss-reactive ketones (excluding diaryl/α,β-unsaturated/α-hetero) is 1. The Labute approximate surface area is 203 Å². The highest BCUT2D eigenvalue weighted by Crippen LogP contribution is 2.40. The normalized spacial score (nSPS) is 11.8. The van der Waals surface area contributed by atoms with Crippen molar-refractivity contribution in [1.82, 2.24) is 4.37 Å². The predicted molar refractivity (Wildman–Crippen MR) is 137 cm³/mol. The number of thioether (sulfide) groups is 1. The smallest absolute Gasteiger partial charge is 0.163 e. The van der Waals surface area contributed by atoms with Crippen LogP contribution in [0.2, 0.25) is 0 Å². The number of rotatable bonds is 11. The molecule has 2 aromatic carbocycles. The molecule has 2 N–H and O–H groups in total. The third-order valence-corrected chi connectivity index (χ3v) is 6.78. The summed E-state index contributed by atoms with van der Waals surface area (Å²) in [5.74, 6) is 2.92. The minimum atomic E-state index is -0.473. The van der Waals surface area contributed by atoms with Gasteiger partial charge in [-0.1, -0.05) is 6.07 Å². The number of methoxy groups -OCH3 is 3. The molecule has 0 bridgehead atoms. The molecule has 1 atom stereocenters. The number of nitrogens with two attached hydrogens (primary N) is 1. The van der Waals surface area contributed by atoms with Crippen LogP contribution in [0.25, 0.3) is 22.4 Å². The Morgan fingerprint density at radius 1 is 1.09 bits per heavy atom. The third-order valence-electron chi connectivity index (χ3n) is 5.51. The zero-order valence-electron chi connectivity index (χ0n) is 19.6. The van der Waals surface area contributed by atoms with Crippen molar-refractivity contribution in [2.24, 2.45) is 5.73 Å². The van der Waals surface area contributed by atoms with Crippen LogP contribution in [-0.4, -0.2) is 49.5 Å². The minimum absolute atomic E-state index is 0.0127. The van der Waals surface area contributed by atoms with Crippen molar-refractivity contribution < 1.29 is 19.0 Å². The molecule has 0 amide bonds. The number of hydrogen-bond acceptors (Lipinski definition) is 8. The van der Waals surface area contributed by atoms with Gasteiger partial charge >= 0.3 is 0 Å². The van der Waals surface area contributed by atoms with Gasteiger partial charge in [-0.25, -0.2) is 0 Å². The van der Waals surface area contributed by atoms with Gasteiger partial charge in [-0.2, -0.15) is 16.1 Å². The molecule has 0 fully saturated rings. The first kappa shape index (κ1) is 25.1. The SMILES string of the molecule is COc1ccc(-c2csnc2-c2cc(C)c(OC)c(OC)c2)cc1CC(=O)C(N)CCSC. The fraction of sp³-hybridized carbons (Fsp3) is 0.360. The van der Waals surface area contributed by atoms with E-state index in [9.17, 15) is 4.79 Å². The fourth-order valence-corrected chi connectivity index (χ4v) is 4.95. The summed E-state index contributed by atoms with van der Waals surface area (Å²) in [6.45, 7) is 1.98. The highest BCUT2D eigenvalue weighted by atomic mass is 32.2. The molecular weight excluding hydrogens is 456 g/mol. The zero-order chi connectivity index (χ0) is 24.0. The lowest BCUT2D eigenvalue weighted by Gasteiger charge is -2.15. The van der Waals surface area contributed by atoms with E-state index in [-0.39, 0.29) is 12.2 Å². The number of ether oxygens (including phenoxy) is 3. The maximum Gasteiger partial charge on any atom is 0.163 e. The Bertz CT molecular complexity index is 1110. The van der Waals surface area contributed by atoms with Crippen LogP contribution < -0.4 is 19.9 Å². The minimum Gasteiger partial charge on any atom is -0.496 e. The Balaban J connectivity index is 1.98. The molecule has 8 heteroatoms. The predicted octanol–water partition coefficient (Wildman–Crippen LogP) is 5.00. The number of nitrogens with zero attached hydrogens (tertiary/aromatic N) is 1. The number of benzene rings is 2. The molecule has 6 nitrogen and oxygen atoms in total. The lowest BCUT2D eigenvalue weighted by Crippen LogP contribution is -2.32. The van der Waals surface area contributed by atoms with Gasteiger partial charge in [0.25, 0.3) is 0 Å². The second-order valence-corrected chi connectivity index (χ2v) is 9.28. The topological polar surface area (TPSA) is 83.7 Å². The zero-order valence-corrected chi connectivity index (χ0v) is 21.3. The summed E-state index contributed by atoms with van der Waals surface area (Å²) >= 11 is 3.07. The summed E-state index contributed by atoms with van der Waals surface area (Å²) in [6, 6.07) is 9.38. The average Bonchev–Trinajstić information content (AvgIpc) is 3.31. The Morgan fingerprint density at radius 2 is 1.85 bits per heavy atom.